The first-order valence-electron chi connectivity index (χ1n) is 4.86. The average molecular weight is 210 g/mol. The van der Waals surface area contributed by atoms with Gasteiger partial charge in [0, 0.05) is 13.8 Å². The van der Waals surface area contributed by atoms with Gasteiger partial charge in [-0.2, -0.15) is 0 Å². The first kappa shape index (κ1) is 29.3. The van der Waals surface area contributed by atoms with Crippen LogP contribution in [-0.4, -0.2) is 22.2 Å². The van der Waals surface area contributed by atoms with E-state index in [1.165, 1.54) is 0 Å². The number of carboxylic acids is 2. The molecule has 90 valence electrons. The van der Waals surface area contributed by atoms with Crippen LogP contribution >= 0.6 is 0 Å². The van der Waals surface area contributed by atoms with E-state index in [9.17, 15) is 0 Å². The maximum absolute atomic E-state index is 9.00. The molecule has 0 spiro atoms. The Labute approximate surface area is 88.0 Å². The van der Waals surface area contributed by atoms with Gasteiger partial charge in [-0.25, -0.2) is 0 Å². The molecule has 0 aromatic carbocycles. The summed E-state index contributed by atoms with van der Waals surface area (Å²) >= 11 is 0. The Kier molecular flexibility index (Phi) is 122. The molecule has 0 aliphatic rings. The lowest BCUT2D eigenvalue weighted by Gasteiger charge is -1.59. The topological polar surface area (TPSA) is 74.6 Å². The highest BCUT2D eigenvalue weighted by Crippen LogP contribution is 1.42. The van der Waals surface area contributed by atoms with E-state index in [0.717, 1.165) is 13.8 Å². The van der Waals surface area contributed by atoms with E-state index in [0.29, 0.717) is 0 Å². The van der Waals surface area contributed by atoms with Crippen LogP contribution in [0.25, 0.3) is 0 Å². The molecule has 0 amide bonds. The van der Waals surface area contributed by atoms with Crippen molar-refractivity contribution < 1.29 is 19.8 Å². The van der Waals surface area contributed by atoms with Crippen LogP contribution in [0.2, 0.25) is 0 Å². The van der Waals surface area contributed by atoms with E-state index in [-0.39, 0.29) is 0 Å². The first-order chi connectivity index (χ1) is 6.46. The minimum Gasteiger partial charge on any atom is -0.481 e. The van der Waals surface area contributed by atoms with Crippen molar-refractivity contribution in [3.05, 3.63) is 0 Å². The summed E-state index contributed by atoms with van der Waals surface area (Å²) in [5.41, 5.74) is 0. The molecule has 0 aliphatic carbocycles. The minimum absolute atomic E-state index is 0.833. The standard InChI is InChI=1S/2C2H4O2.3C2H6/c2*1-2(3)4;3*1-2/h2*1H3,(H,3,4);3*1-2H3. The highest BCUT2D eigenvalue weighted by molar-refractivity contribution is 5.63. The Balaban J connectivity index is -0.0000000255. The van der Waals surface area contributed by atoms with Crippen molar-refractivity contribution in [3.8, 4) is 0 Å². The smallest absolute Gasteiger partial charge is 0.300 e. The molecule has 0 atom stereocenters. The molecule has 4 heteroatoms. The third-order valence-electron chi connectivity index (χ3n) is 0. The van der Waals surface area contributed by atoms with Crippen molar-refractivity contribution in [1.82, 2.24) is 0 Å². The summed E-state index contributed by atoms with van der Waals surface area (Å²) in [6.45, 7) is 14.2. The van der Waals surface area contributed by atoms with Crippen LogP contribution in [0, 0.1) is 0 Å². The monoisotopic (exact) mass is 210 g/mol. The Morgan fingerprint density at radius 2 is 0.643 bits per heavy atom. The predicted octanol–water partition coefficient (Wildman–Crippen LogP) is 3.26. The Bertz CT molecular complexity index is 70.1. The van der Waals surface area contributed by atoms with Crippen molar-refractivity contribution in [2.75, 3.05) is 0 Å². The number of rotatable bonds is 0. The third-order valence-corrected chi connectivity index (χ3v) is 0. The Hall–Kier alpha value is -1.06. The summed E-state index contributed by atoms with van der Waals surface area (Å²) in [6, 6.07) is 0. The molecule has 0 fully saturated rings. The normalized spacial score (nSPS) is 4.86. The van der Waals surface area contributed by atoms with Gasteiger partial charge >= 0.3 is 0 Å². The van der Waals surface area contributed by atoms with Crippen LogP contribution in [0.4, 0.5) is 0 Å². The summed E-state index contributed by atoms with van der Waals surface area (Å²) in [6.07, 6.45) is 0. The molecular weight excluding hydrogens is 184 g/mol. The average Bonchev–Trinajstić information content (AvgIpc) is 2.12. The highest BCUT2D eigenvalue weighted by Gasteiger charge is 1.65. The van der Waals surface area contributed by atoms with Crippen LogP contribution in [0.1, 0.15) is 55.4 Å². The molecule has 0 unspecified atom stereocenters. The van der Waals surface area contributed by atoms with Gasteiger partial charge in [0.15, 0.2) is 0 Å². The van der Waals surface area contributed by atoms with E-state index in [1.54, 1.807) is 0 Å². The summed E-state index contributed by atoms with van der Waals surface area (Å²) in [5.74, 6) is -1.67. The second kappa shape index (κ2) is 58.6. The number of carbonyl (C=O) groups is 2. The predicted molar refractivity (Wildman–Crippen MR) is 60.7 cm³/mol. The summed E-state index contributed by atoms with van der Waals surface area (Å²) in [7, 11) is 0. The highest BCUT2D eigenvalue weighted by atomic mass is 16.4. The van der Waals surface area contributed by atoms with E-state index in [1.807, 2.05) is 41.5 Å². The molecule has 0 saturated carbocycles. The summed E-state index contributed by atoms with van der Waals surface area (Å²) < 4.78 is 0. The molecule has 0 aliphatic heterocycles. The number of hydrogen-bond donors (Lipinski definition) is 2. The molecule has 2 N–H and O–H groups in total. The number of hydrogen-bond acceptors (Lipinski definition) is 2. The van der Waals surface area contributed by atoms with Gasteiger partial charge in [-0.15, -0.1) is 0 Å². The molecule has 0 saturated heterocycles. The van der Waals surface area contributed by atoms with E-state index in [2.05, 4.69) is 0 Å². The van der Waals surface area contributed by atoms with Crippen LogP contribution < -0.4 is 0 Å². The zero-order valence-corrected chi connectivity index (χ0v) is 10.7. The van der Waals surface area contributed by atoms with Crippen molar-refractivity contribution in [3.63, 3.8) is 0 Å². The lowest BCUT2D eigenvalue weighted by atomic mass is 10.9. The second-order valence-corrected chi connectivity index (χ2v) is 1.04. The first-order valence-corrected chi connectivity index (χ1v) is 4.86. The van der Waals surface area contributed by atoms with E-state index >= 15 is 0 Å². The van der Waals surface area contributed by atoms with Gasteiger partial charge in [-0.1, -0.05) is 41.5 Å². The van der Waals surface area contributed by atoms with E-state index < -0.39 is 11.9 Å². The molecule has 0 aromatic rings. The molecule has 4 nitrogen and oxygen atoms in total. The van der Waals surface area contributed by atoms with Crippen LogP contribution in [-0.2, 0) is 9.59 Å². The Morgan fingerprint density at radius 1 is 0.643 bits per heavy atom. The molecular formula is C10H26O4. The van der Waals surface area contributed by atoms with Gasteiger partial charge in [0.2, 0.25) is 0 Å². The minimum atomic E-state index is -0.833. The fraction of sp³-hybridized carbons (Fsp3) is 0.800. The van der Waals surface area contributed by atoms with Crippen molar-refractivity contribution in [2.24, 2.45) is 0 Å². The largest absolute Gasteiger partial charge is 0.481 e. The number of carboxylic acid groups (broad SMARTS) is 2. The second-order valence-electron chi connectivity index (χ2n) is 1.04. The van der Waals surface area contributed by atoms with Gasteiger partial charge in [-0.05, 0) is 0 Å². The van der Waals surface area contributed by atoms with Gasteiger partial charge in [0.1, 0.15) is 0 Å². The molecule has 0 aromatic heterocycles. The molecule has 0 rings (SSSR count). The molecule has 0 radical (unpaired) electrons. The SMILES string of the molecule is CC.CC.CC.CC(=O)O.CC(=O)O. The van der Waals surface area contributed by atoms with Crippen LogP contribution in [0.15, 0.2) is 0 Å². The number of aliphatic carboxylic acids is 2. The van der Waals surface area contributed by atoms with Gasteiger partial charge in [0.05, 0.1) is 0 Å². The zero-order valence-electron chi connectivity index (χ0n) is 10.7. The van der Waals surface area contributed by atoms with Crippen molar-refractivity contribution >= 4 is 11.9 Å². The molecule has 0 bridgehead atoms. The van der Waals surface area contributed by atoms with Gasteiger partial charge < -0.3 is 10.2 Å². The Morgan fingerprint density at radius 3 is 0.643 bits per heavy atom. The van der Waals surface area contributed by atoms with Gasteiger partial charge in [-0.3, -0.25) is 9.59 Å². The van der Waals surface area contributed by atoms with Crippen molar-refractivity contribution in [1.29, 1.82) is 0 Å². The van der Waals surface area contributed by atoms with Crippen molar-refractivity contribution in [2.45, 2.75) is 55.4 Å². The summed E-state index contributed by atoms with van der Waals surface area (Å²) in [5, 5.41) is 14.8. The summed E-state index contributed by atoms with van der Waals surface area (Å²) in [4.78, 5) is 18.0. The zero-order chi connectivity index (χ0) is 13.2. The molecule has 14 heavy (non-hydrogen) atoms. The van der Waals surface area contributed by atoms with E-state index in [4.69, 9.17) is 19.8 Å². The maximum Gasteiger partial charge on any atom is 0.300 e. The lowest BCUT2D eigenvalue weighted by molar-refractivity contribution is -0.135. The maximum atomic E-state index is 9.00. The third kappa shape index (κ3) is 962. The van der Waals surface area contributed by atoms with Gasteiger partial charge in [0.25, 0.3) is 11.9 Å². The molecule has 0 heterocycles. The van der Waals surface area contributed by atoms with Crippen LogP contribution in [0.5, 0.6) is 0 Å². The fourth-order valence-corrected chi connectivity index (χ4v) is 0. The quantitative estimate of drug-likeness (QED) is 0.643. The fourth-order valence-electron chi connectivity index (χ4n) is 0. The van der Waals surface area contributed by atoms with Crippen LogP contribution in [0.3, 0.4) is 0 Å². The lowest BCUT2D eigenvalue weighted by Crippen LogP contribution is -1.78.